The number of rotatable bonds is 5. The van der Waals surface area contributed by atoms with E-state index in [9.17, 15) is 9.18 Å². The molecule has 0 unspecified atom stereocenters. The predicted octanol–water partition coefficient (Wildman–Crippen LogP) is 3.59. The van der Waals surface area contributed by atoms with Crippen LogP contribution in [0.15, 0.2) is 24.3 Å². The highest BCUT2D eigenvalue weighted by Crippen LogP contribution is 2.48. The minimum atomic E-state index is -0.222. The van der Waals surface area contributed by atoms with E-state index in [4.69, 9.17) is 4.74 Å². The molecule has 1 aliphatic carbocycles. The van der Waals surface area contributed by atoms with E-state index in [1.54, 1.807) is 12.1 Å². The van der Waals surface area contributed by atoms with Crippen LogP contribution in [0.2, 0.25) is 0 Å². The fourth-order valence-corrected chi connectivity index (χ4v) is 3.35. The molecule has 1 aliphatic heterocycles. The Morgan fingerprint density at radius 2 is 1.91 bits per heavy atom. The maximum atomic E-state index is 13.0. The van der Waals surface area contributed by atoms with E-state index >= 15 is 0 Å². The highest BCUT2D eigenvalue weighted by molar-refractivity contribution is 5.83. The van der Waals surface area contributed by atoms with Gasteiger partial charge >= 0.3 is 0 Å². The van der Waals surface area contributed by atoms with Crippen molar-refractivity contribution in [3.8, 4) is 0 Å². The molecule has 0 radical (unpaired) electrons. The van der Waals surface area contributed by atoms with Gasteiger partial charge in [-0.1, -0.05) is 26.0 Å². The van der Waals surface area contributed by atoms with Crippen molar-refractivity contribution in [2.45, 2.75) is 45.1 Å². The van der Waals surface area contributed by atoms with Crippen LogP contribution >= 0.6 is 0 Å². The molecular formula is C19H26FNO2. The molecule has 2 aliphatic rings. The zero-order valence-corrected chi connectivity index (χ0v) is 14.0. The summed E-state index contributed by atoms with van der Waals surface area (Å²) in [6, 6.07) is 6.57. The molecule has 3 nitrogen and oxygen atoms in total. The average molecular weight is 319 g/mol. The lowest BCUT2D eigenvalue weighted by atomic mass is 10.1. The van der Waals surface area contributed by atoms with Crippen LogP contribution in [-0.2, 0) is 9.53 Å². The van der Waals surface area contributed by atoms with Gasteiger partial charge in [-0.15, -0.1) is 0 Å². The Morgan fingerprint density at radius 3 is 2.52 bits per heavy atom. The number of nitrogens with zero attached hydrogens (tertiary/aromatic N) is 1. The molecule has 3 rings (SSSR count). The summed E-state index contributed by atoms with van der Waals surface area (Å²) in [5.41, 5.74) is 1.08. The Bertz CT molecular complexity index is 535. The second kappa shape index (κ2) is 7.00. The lowest BCUT2D eigenvalue weighted by Crippen LogP contribution is -2.42. The number of carbonyl (C=O) groups excluding carboxylic acids is 1. The van der Waals surface area contributed by atoms with Gasteiger partial charge in [0.1, 0.15) is 5.82 Å². The number of halogens is 1. The van der Waals surface area contributed by atoms with Crippen molar-refractivity contribution < 1.29 is 13.9 Å². The van der Waals surface area contributed by atoms with E-state index in [2.05, 4.69) is 13.8 Å². The molecule has 1 aromatic carbocycles. The summed E-state index contributed by atoms with van der Waals surface area (Å²) in [5.74, 6) is 0.964. The van der Waals surface area contributed by atoms with E-state index in [0.717, 1.165) is 44.5 Å². The third-order valence-electron chi connectivity index (χ3n) is 4.82. The summed E-state index contributed by atoms with van der Waals surface area (Å²) in [7, 11) is 0. The summed E-state index contributed by atoms with van der Waals surface area (Å²) >= 11 is 0. The smallest absolute Gasteiger partial charge is 0.226 e. The molecule has 0 bridgehead atoms. The summed E-state index contributed by atoms with van der Waals surface area (Å²) in [5, 5.41) is 0. The normalized spacial score (nSPS) is 25.0. The first-order valence-corrected chi connectivity index (χ1v) is 8.70. The van der Waals surface area contributed by atoms with Crippen LogP contribution < -0.4 is 0 Å². The number of likely N-dealkylation sites (tertiary alicyclic amines) is 1. The van der Waals surface area contributed by atoms with Gasteiger partial charge in [0.05, 0.1) is 6.10 Å². The largest absolute Gasteiger partial charge is 0.378 e. The molecular weight excluding hydrogens is 293 g/mol. The molecule has 2 atom stereocenters. The van der Waals surface area contributed by atoms with E-state index in [1.165, 1.54) is 12.1 Å². The Kier molecular flexibility index (Phi) is 5.00. The van der Waals surface area contributed by atoms with Crippen molar-refractivity contribution in [3.63, 3.8) is 0 Å². The first kappa shape index (κ1) is 16.4. The van der Waals surface area contributed by atoms with Crippen LogP contribution in [0.25, 0.3) is 0 Å². The Balaban J connectivity index is 1.46. The highest BCUT2D eigenvalue weighted by atomic mass is 19.1. The first-order chi connectivity index (χ1) is 11.0. The van der Waals surface area contributed by atoms with Crippen molar-refractivity contribution in [2.24, 2.45) is 11.8 Å². The van der Waals surface area contributed by atoms with Gasteiger partial charge in [0.2, 0.25) is 5.91 Å². The minimum Gasteiger partial charge on any atom is -0.378 e. The first-order valence-electron chi connectivity index (χ1n) is 8.70. The fraction of sp³-hybridized carbons (Fsp3) is 0.632. The number of amides is 1. The van der Waals surface area contributed by atoms with E-state index in [1.807, 2.05) is 4.90 Å². The average Bonchev–Trinajstić information content (AvgIpc) is 3.34. The number of ether oxygens (including phenoxy) is 1. The standard InChI is InChI=1S/C19H26FNO2/c1-13(2)12-23-16-7-9-21(10-8-16)19(22)18-11-17(18)14-3-5-15(20)6-4-14/h3-6,13,16-18H,7-12H2,1-2H3/t17-,18-/m0/s1. The lowest BCUT2D eigenvalue weighted by molar-refractivity contribution is -0.135. The monoisotopic (exact) mass is 319 g/mol. The number of carbonyl (C=O) groups is 1. The molecule has 0 N–H and O–H groups in total. The third kappa shape index (κ3) is 4.11. The molecule has 0 aromatic heterocycles. The minimum absolute atomic E-state index is 0.0913. The molecule has 1 heterocycles. The van der Waals surface area contributed by atoms with Crippen molar-refractivity contribution in [3.05, 3.63) is 35.6 Å². The Morgan fingerprint density at radius 1 is 1.26 bits per heavy atom. The van der Waals surface area contributed by atoms with Crippen molar-refractivity contribution >= 4 is 5.91 Å². The SMILES string of the molecule is CC(C)COC1CCN(C(=O)[C@H]2C[C@H]2c2ccc(F)cc2)CC1. The third-order valence-corrected chi connectivity index (χ3v) is 4.82. The van der Waals surface area contributed by atoms with Crippen LogP contribution in [-0.4, -0.2) is 36.6 Å². The van der Waals surface area contributed by atoms with Crippen molar-refractivity contribution in [1.82, 2.24) is 4.90 Å². The summed E-state index contributed by atoms with van der Waals surface area (Å²) in [6.45, 7) is 6.71. The van der Waals surface area contributed by atoms with Crippen LogP contribution in [0.5, 0.6) is 0 Å². The molecule has 0 spiro atoms. The van der Waals surface area contributed by atoms with Crippen LogP contribution in [0.3, 0.4) is 0 Å². The van der Waals surface area contributed by atoms with Crippen LogP contribution in [0.1, 0.15) is 44.6 Å². The summed E-state index contributed by atoms with van der Waals surface area (Å²) < 4.78 is 18.9. The second-order valence-corrected chi connectivity index (χ2v) is 7.25. The van der Waals surface area contributed by atoms with E-state index in [-0.39, 0.29) is 23.6 Å². The zero-order valence-electron chi connectivity index (χ0n) is 14.0. The maximum absolute atomic E-state index is 13.0. The van der Waals surface area contributed by atoms with Gasteiger partial charge in [-0.3, -0.25) is 4.79 Å². The molecule has 4 heteroatoms. The molecule has 1 saturated heterocycles. The number of hydrogen-bond acceptors (Lipinski definition) is 2. The van der Waals surface area contributed by atoms with Gasteiger partial charge in [0.25, 0.3) is 0 Å². The number of hydrogen-bond donors (Lipinski definition) is 0. The van der Waals surface area contributed by atoms with Gasteiger partial charge in [-0.05, 0) is 48.8 Å². The Labute approximate surface area is 137 Å². The van der Waals surface area contributed by atoms with Crippen LogP contribution in [0.4, 0.5) is 4.39 Å². The van der Waals surface area contributed by atoms with Gasteiger partial charge in [0, 0.05) is 25.6 Å². The molecule has 1 saturated carbocycles. The van der Waals surface area contributed by atoms with Gasteiger partial charge in [-0.25, -0.2) is 4.39 Å². The number of benzene rings is 1. The van der Waals surface area contributed by atoms with Gasteiger partial charge < -0.3 is 9.64 Å². The van der Waals surface area contributed by atoms with Gasteiger partial charge in [-0.2, -0.15) is 0 Å². The van der Waals surface area contributed by atoms with Crippen molar-refractivity contribution in [1.29, 1.82) is 0 Å². The molecule has 1 aromatic rings. The summed E-state index contributed by atoms with van der Waals surface area (Å²) in [4.78, 5) is 14.6. The molecule has 126 valence electrons. The lowest BCUT2D eigenvalue weighted by Gasteiger charge is -2.32. The molecule has 1 amide bonds. The maximum Gasteiger partial charge on any atom is 0.226 e. The van der Waals surface area contributed by atoms with Gasteiger partial charge in [0.15, 0.2) is 0 Å². The number of piperidine rings is 1. The second-order valence-electron chi connectivity index (χ2n) is 7.25. The summed E-state index contributed by atoms with van der Waals surface area (Å²) in [6.07, 6.45) is 3.07. The Hall–Kier alpha value is -1.42. The van der Waals surface area contributed by atoms with Crippen molar-refractivity contribution in [2.75, 3.05) is 19.7 Å². The van der Waals surface area contributed by atoms with E-state index < -0.39 is 0 Å². The topological polar surface area (TPSA) is 29.5 Å². The fourth-order valence-electron chi connectivity index (χ4n) is 3.35. The van der Waals surface area contributed by atoms with Crippen LogP contribution in [0, 0.1) is 17.7 Å². The molecule has 23 heavy (non-hydrogen) atoms. The quantitative estimate of drug-likeness (QED) is 0.830. The zero-order chi connectivity index (χ0) is 16.4. The highest BCUT2D eigenvalue weighted by Gasteiger charge is 2.46. The predicted molar refractivity (Wildman–Crippen MR) is 87.6 cm³/mol. The van der Waals surface area contributed by atoms with E-state index in [0.29, 0.717) is 12.0 Å². The molecule has 2 fully saturated rings.